The molecule has 1 aliphatic heterocycles. The van der Waals surface area contributed by atoms with E-state index in [1.165, 1.54) is 116 Å². The normalized spacial score (nSPS) is 15.3. The van der Waals surface area contributed by atoms with Crippen molar-refractivity contribution in [3.05, 3.63) is 12.2 Å². The third-order valence-electron chi connectivity index (χ3n) is 6.33. The smallest absolute Gasteiger partial charge is 0.125 e. The second-order valence-electron chi connectivity index (χ2n) is 9.23. The third kappa shape index (κ3) is 15.0. The summed E-state index contributed by atoms with van der Waals surface area (Å²) in [5, 5.41) is 9.73. The van der Waals surface area contributed by atoms with E-state index in [-0.39, 0.29) is 6.23 Å². The molecule has 176 valence electrons. The monoisotopic (exact) mass is 420 g/mol. The molecule has 0 aromatic rings. The van der Waals surface area contributed by atoms with Crippen LogP contribution in [0.5, 0.6) is 0 Å². The van der Waals surface area contributed by atoms with Crippen LogP contribution in [0.4, 0.5) is 0 Å². The van der Waals surface area contributed by atoms with Crippen molar-refractivity contribution in [2.24, 2.45) is 4.99 Å². The zero-order chi connectivity index (χ0) is 21.7. The number of nitrogens with zero attached hydrogens (tertiary/aromatic N) is 2. The Bertz CT molecular complexity index is 431. The first-order valence-corrected chi connectivity index (χ1v) is 13.4. The summed E-state index contributed by atoms with van der Waals surface area (Å²) in [5.74, 6) is 1.13. The molecule has 0 saturated heterocycles. The van der Waals surface area contributed by atoms with Crippen molar-refractivity contribution in [3.63, 3.8) is 0 Å². The molecule has 1 N–H and O–H groups in total. The van der Waals surface area contributed by atoms with Crippen molar-refractivity contribution in [1.82, 2.24) is 4.90 Å². The molecule has 3 nitrogen and oxygen atoms in total. The van der Waals surface area contributed by atoms with Crippen LogP contribution in [0, 0.1) is 0 Å². The van der Waals surface area contributed by atoms with Gasteiger partial charge in [0.05, 0.1) is 6.54 Å². The summed E-state index contributed by atoms with van der Waals surface area (Å²) in [6, 6.07) is 0. The molecule has 0 aliphatic carbocycles. The molecule has 1 aliphatic rings. The van der Waals surface area contributed by atoms with Crippen LogP contribution in [0.3, 0.4) is 0 Å². The van der Waals surface area contributed by atoms with E-state index in [0.29, 0.717) is 0 Å². The van der Waals surface area contributed by atoms with E-state index in [9.17, 15) is 5.11 Å². The Morgan fingerprint density at radius 3 is 1.73 bits per heavy atom. The number of amidine groups is 1. The van der Waals surface area contributed by atoms with Gasteiger partial charge in [0.25, 0.3) is 0 Å². The van der Waals surface area contributed by atoms with E-state index in [1.54, 1.807) is 0 Å². The predicted octanol–water partition coefficient (Wildman–Crippen LogP) is 8.03. The standard InChI is InChI=1S/C27H52N2O/c1-3-4-5-6-7-8-9-10-11-12-13-14-15-16-17-18-19-20-21-22-23-27-28-24-25-29(27)26(2)30/h10-11,26,30H,3-9,12-25H2,1-2H3/b11-10-. The number of aliphatic hydroxyl groups excluding tert-OH is 1. The van der Waals surface area contributed by atoms with Gasteiger partial charge in [-0.1, -0.05) is 103 Å². The van der Waals surface area contributed by atoms with Crippen LogP contribution in [0.15, 0.2) is 17.1 Å². The molecule has 0 bridgehead atoms. The van der Waals surface area contributed by atoms with Crippen molar-refractivity contribution in [2.45, 2.75) is 142 Å². The van der Waals surface area contributed by atoms with E-state index < -0.39 is 0 Å². The molecule has 3 heteroatoms. The third-order valence-corrected chi connectivity index (χ3v) is 6.33. The second-order valence-corrected chi connectivity index (χ2v) is 9.23. The summed E-state index contributed by atoms with van der Waals surface area (Å²) >= 11 is 0. The molecule has 0 radical (unpaired) electrons. The van der Waals surface area contributed by atoms with Crippen LogP contribution in [0.25, 0.3) is 0 Å². The molecule has 0 fully saturated rings. The zero-order valence-corrected chi connectivity index (χ0v) is 20.4. The number of aliphatic imine (C=N–C) groups is 1. The van der Waals surface area contributed by atoms with Crippen molar-refractivity contribution in [3.8, 4) is 0 Å². The Labute approximate surface area is 188 Å². The van der Waals surface area contributed by atoms with Crippen molar-refractivity contribution < 1.29 is 5.11 Å². The number of hydrogen-bond acceptors (Lipinski definition) is 3. The molecule has 0 aromatic heterocycles. The number of unbranched alkanes of at least 4 members (excludes halogenated alkanes) is 16. The minimum absolute atomic E-state index is 0.382. The lowest BCUT2D eigenvalue weighted by molar-refractivity contribution is 0.0766. The minimum atomic E-state index is -0.382. The SMILES string of the molecule is CCCCCCCC/C=C\CCCCCCCCCCCCC1=NCCN1C(C)O. The van der Waals surface area contributed by atoms with Gasteiger partial charge in [-0.15, -0.1) is 0 Å². The molecular weight excluding hydrogens is 368 g/mol. The highest BCUT2D eigenvalue weighted by Crippen LogP contribution is 2.15. The number of hydrogen-bond donors (Lipinski definition) is 1. The summed E-state index contributed by atoms with van der Waals surface area (Å²) in [6.45, 7) is 5.88. The van der Waals surface area contributed by atoms with Crippen LogP contribution in [0.2, 0.25) is 0 Å². The molecule has 0 aromatic carbocycles. The zero-order valence-electron chi connectivity index (χ0n) is 20.4. The predicted molar refractivity (Wildman–Crippen MR) is 133 cm³/mol. The molecule has 0 amide bonds. The number of aliphatic hydroxyl groups is 1. The Balaban J connectivity index is 1.75. The molecule has 0 spiro atoms. The fourth-order valence-corrected chi connectivity index (χ4v) is 4.37. The first-order valence-electron chi connectivity index (χ1n) is 13.4. The lowest BCUT2D eigenvalue weighted by atomic mass is 10.0. The molecule has 30 heavy (non-hydrogen) atoms. The summed E-state index contributed by atoms with van der Waals surface area (Å²) in [6.07, 6.45) is 30.2. The van der Waals surface area contributed by atoms with E-state index >= 15 is 0 Å². The van der Waals surface area contributed by atoms with Gasteiger partial charge in [-0.2, -0.15) is 0 Å². The topological polar surface area (TPSA) is 35.8 Å². The Morgan fingerprint density at radius 2 is 1.23 bits per heavy atom. The van der Waals surface area contributed by atoms with Gasteiger partial charge in [0.15, 0.2) is 0 Å². The highest BCUT2D eigenvalue weighted by molar-refractivity contribution is 5.83. The van der Waals surface area contributed by atoms with E-state index in [0.717, 1.165) is 25.3 Å². The number of rotatable bonds is 21. The van der Waals surface area contributed by atoms with E-state index in [4.69, 9.17) is 0 Å². The van der Waals surface area contributed by atoms with Gasteiger partial charge in [-0.05, 0) is 39.0 Å². The fourth-order valence-electron chi connectivity index (χ4n) is 4.37. The Morgan fingerprint density at radius 1 is 0.767 bits per heavy atom. The fraction of sp³-hybridized carbons (Fsp3) is 0.889. The van der Waals surface area contributed by atoms with Gasteiger partial charge < -0.3 is 10.0 Å². The second kappa shape index (κ2) is 20.1. The summed E-state index contributed by atoms with van der Waals surface area (Å²) in [4.78, 5) is 6.58. The van der Waals surface area contributed by atoms with Gasteiger partial charge in [0, 0.05) is 13.0 Å². The first-order chi connectivity index (χ1) is 14.8. The molecule has 1 heterocycles. The van der Waals surface area contributed by atoms with E-state index in [1.807, 2.05) is 11.8 Å². The quantitative estimate of drug-likeness (QED) is 0.151. The average molecular weight is 421 g/mol. The van der Waals surface area contributed by atoms with Gasteiger partial charge in [-0.25, -0.2) is 0 Å². The molecule has 1 unspecified atom stereocenters. The first kappa shape index (κ1) is 27.2. The molecule has 1 rings (SSSR count). The Kier molecular flexibility index (Phi) is 18.2. The lowest BCUT2D eigenvalue weighted by Gasteiger charge is -2.23. The highest BCUT2D eigenvalue weighted by Gasteiger charge is 2.19. The van der Waals surface area contributed by atoms with Gasteiger partial charge in [0.2, 0.25) is 0 Å². The van der Waals surface area contributed by atoms with E-state index in [2.05, 4.69) is 24.1 Å². The van der Waals surface area contributed by atoms with Crippen LogP contribution in [0.1, 0.15) is 136 Å². The number of allylic oxidation sites excluding steroid dienone is 2. The van der Waals surface area contributed by atoms with Crippen LogP contribution >= 0.6 is 0 Å². The van der Waals surface area contributed by atoms with Gasteiger partial charge in [-0.3, -0.25) is 4.99 Å². The highest BCUT2D eigenvalue weighted by atomic mass is 16.3. The van der Waals surface area contributed by atoms with Gasteiger partial charge in [0.1, 0.15) is 12.1 Å². The van der Waals surface area contributed by atoms with Crippen LogP contribution < -0.4 is 0 Å². The van der Waals surface area contributed by atoms with Crippen molar-refractivity contribution >= 4 is 5.84 Å². The maximum atomic E-state index is 9.73. The minimum Gasteiger partial charge on any atom is -0.374 e. The van der Waals surface area contributed by atoms with Crippen molar-refractivity contribution in [1.29, 1.82) is 0 Å². The van der Waals surface area contributed by atoms with Crippen LogP contribution in [-0.4, -0.2) is 35.2 Å². The maximum absolute atomic E-state index is 9.73. The Hall–Kier alpha value is -0.830. The summed E-state index contributed by atoms with van der Waals surface area (Å²) in [7, 11) is 0. The molecule has 1 atom stereocenters. The van der Waals surface area contributed by atoms with Crippen LogP contribution in [-0.2, 0) is 0 Å². The molecule has 0 saturated carbocycles. The molecular formula is C27H52N2O. The largest absolute Gasteiger partial charge is 0.374 e. The average Bonchev–Trinajstić information content (AvgIpc) is 3.21. The van der Waals surface area contributed by atoms with Gasteiger partial charge >= 0.3 is 0 Å². The summed E-state index contributed by atoms with van der Waals surface area (Å²) in [5.41, 5.74) is 0. The summed E-state index contributed by atoms with van der Waals surface area (Å²) < 4.78 is 0. The maximum Gasteiger partial charge on any atom is 0.125 e. The van der Waals surface area contributed by atoms with Crippen molar-refractivity contribution in [2.75, 3.05) is 13.1 Å². The lowest BCUT2D eigenvalue weighted by Crippen LogP contribution is -2.35.